The third-order valence-corrected chi connectivity index (χ3v) is 4.94. The van der Waals surface area contributed by atoms with Crippen LogP contribution in [0, 0.1) is 17.1 Å². The number of primary amides is 1. The summed E-state index contributed by atoms with van der Waals surface area (Å²) in [5.74, 6) is -0.169. The van der Waals surface area contributed by atoms with Crippen LogP contribution in [-0.4, -0.2) is 17.4 Å². The van der Waals surface area contributed by atoms with Crippen molar-refractivity contribution in [2.75, 3.05) is 11.4 Å². The highest BCUT2D eigenvalue weighted by Crippen LogP contribution is 2.35. The van der Waals surface area contributed by atoms with Crippen LogP contribution in [0.5, 0.6) is 0 Å². The molecule has 0 saturated heterocycles. The second kappa shape index (κ2) is 7.12. The number of nitrogens with two attached hydrogens (primary N) is 1. The Balaban J connectivity index is 1.63. The van der Waals surface area contributed by atoms with Gasteiger partial charge < -0.3 is 10.6 Å². The first-order chi connectivity index (χ1) is 13.6. The number of hydrogen-bond acceptors (Lipinski definition) is 4. The average Bonchev–Trinajstić information content (AvgIpc) is 3.12. The van der Waals surface area contributed by atoms with Gasteiger partial charge in [-0.3, -0.25) is 4.79 Å². The Bertz CT molecular complexity index is 1120. The predicted molar refractivity (Wildman–Crippen MR) is 104 cm³/mol. The molecule has 2 N–H and O–H groups in total. The number of rotatable bonds is 4. The second-order valence-electron chi connectivity index (χ2n) is 6.69. The highest BCUT2D eigenvalue weighted by atomic mass is 19.1. The Labute approximate surface area is 161 Å². The van der Waals surface area contributed by atoms with Gasteiger partial charge in [-0.15, -0.1) is 0 Å². The maximum Gasteiger partial charge on any atom is 0.249 e. The number of halogens is 1. The third kappa shape index (κ3) is 3.19. The van der Waals surface area contributed by atoms with Gasteiger partial charge in [-0.25, -0.2) is 9.37 Å². The number of carbonyl (C=O) groups excluding carboxylic acids is 1. The fraction of sp³-hybridized carbons (Fsp3) is 0.136. The minimum atomic E-state index is -0.512. The lowest BCUT2D eigenvalue weighted by Gasteiger charge is -2.19. The van der Waals surface area contributed by atoms with Crippen molar-refractivity contribution in [2.24, 2.45) is 5.73 Å². The van der Waals surface area contributed by atoms with E-state index in [2.05, 4.69) is 9.88 Å². The van der Waals surface area contributed by atoms with Crippen molar-refractivity contribution in [3.63, 3.8) is 0 Å². The number of hydrogen-bond donors (Lipinski definition) is 1. The number of fused-ring (bicyclic) bond motifs is 1. The molecule has 0 fully saturated rings. The van der Waals surface area contributed by atoms with Gasteiger partial charge in [0.2, 0.25) is 5.91 Å². The molecule has 0 radical (unpaired) electrons. The molecule has 0 aliphatic carbocycles. The van der Waals surface area contributed by atoms with Crippen LogP contribution in [0.3, 0.4) is 0 Å². The Hall–Kier alpha value is -3.72. The van der Waals surface area contributed by atoms with Crippen molar-refractivity contribution in [3.05, 3.63) is 88.4 Å². The normalized spacial score (nSPS) is 12.5. The van der Waals surface area contributed by atoms with E-state index in [0.29, 0.717) is 18.5 Å². The maximum atomic E-state index is 13.9. The van der Waals surface area contributed by atoms with E-state index in [1.54, 1.807) is 18.3 Å². The number of benzene rings is 2. The second-order valence-corrected chi connectivity index (χ2v) is 6.69. The lowest BCUT2D eigenvalue weighted by molar-refractivity contribution is 0.0999. The highest BCUT2D eigenvalue weighted by molar-refractivity contribution is 5.96. The summed E-state index contributed by atoms with van der Waals surface area (Å²) in [6.07, 6.45) is 2.97. The number of pyridine rings is 1. The van der Waals surface area contributed by atoms with E-state index in [0.717, 1.165) is 34.6 Å². The molecule has 6 heteroatoms. The molecular formula is C22H17FN4O. The summed E-state index contributed by atoms with van der Waals surface area (Å²) in [6.45, 7) is 0.710. The van der Waals surface area contributed by atoms with Crippen LogP contribution in [0.2, 0.25) is 0 Å². The SMILES string of the molecule is N#Cc1ccc(Cc2ccnc(N3CCc4c(C(N)=O)cccc43)c2)cc1F. The van der Waals surface area contributed by atoms with Crippen LogP contribution in [-0.2, 0) is 12.8 Å². The molecule has 0 spiro atoms. The van der Waals surface area contributed by atoms with E-state index in [9.17, 15) is 9.18 Å². The minimum absolute atomic E-state index is 0.0399. The van der Waals surface area contributed by atoms with Crippen LogP contribution in [0.25, 0.3) is 0 Å². The topological polar surface area (TPSA) is 83.0 Å². The minimum Gasteiger partial charge on any atom is -0.366 e. The van der Waals surface area contributed by atoms with Crippen molar-refractivity contribution in [3.8, 4) is 6.07 Å². The first kappa shape index (κ1) is 17.7. The molecule has 2 heterocycles. The molecule has 0 bridgehead atoms. The fourth-order valence-electron chi connectivity index (χ4n) is 3.62. The quantitative estimate of drug-likeness (QED) is 0.760. The van der Waals surface area contributed by atoms with Crippen molar-refractivity contribution in [2.45, 2.75) is 12.8 Å². The summed E-state index contributed by atoms with van der Waals surface area (Å²) < 4.78 is 13.9. The van der Waals surface area contributed by atoms with Crippen molar-refractivity contribution in [1.82, 2.24) is 4.98 Å². The summed E-state index contributed by atoms with van der Waals surface area (Å²) in [5.41, 5.74) is 9.72. The Kier molecular flexibility index (Phi) is 4.50. The molecule has 3 aromatic rings. The van der Waals surface area contributed by atoms with Crippen LogP contribution in [0.15, 0.2) is 54.7 Å². The third-order valence-electron chi connectivity index (χ3n) is 4.94. The summed E-state index contributed by atoms with van der Waals surface area (Å²) in [6, 6.07) is 15.8. The van der Waals surface area contributed by atoms with Gasteiger partial charge in [0.15, 0.2) is 0 Å². The van der Waals surface area contributed by atoms with Gasteiger partial charge in [0.1, 0.15) is 17.7 Å². The Morgan fingerprint density at radius 3 is 2.79 bits per heavy atom. The summed E-state index contributed by atoms with van der Waals surface area (Å²) in [5, 5.41) is 8.86. The van der Waals surface area contributed by atoms with E-state index >= 15 is 0 Å². The summed E-state index contributed by atoms with van der Waals surface area (Å²) in [4.78, 5) is 18.2. The fourth-order valence-corrected chi connectivity index (χ4v) is 3.62. The zero-order valence-corrected chi connectivity index (χ0v) is 15.0. The molecule has 28 heavy (non-hydrogen) atoms. The van der Waals surface area contributed by atoms with E-state index in [4.69, 9.17) is 11.0 Å². The molecule has 4 rings (SSSR count). The van der Waals surface area contributed by atoms with Gasteiger partial charge in [0.05, 0.1) is 5.56 Å². The number of amides is 1. The zero-order chi connectivity index (χ0) is 19.7. The Morgan fingerprint density at radius 1 is 1.21 bits per heavy atom. The average molecular weight is 372 g/mol. The summed E-state index contributed by atoms with van der Waals surface area (Å²) >= 11 is 0. The molecule has 2 aromatic carbocycles. The van der Waals surface area contributed by atoms with Crippen molar-refractivity contribution in [1.29, 1.82) is 5.26 Å². The largest absolute Gasteiger partial charge is 0.366 e. The first-order valence-corrected chi connectivity index (χ1v) is 8.89. The number of nitrogens with zero attached hydrogens (tertiary/aromatic N) is 3. The molecule has 1 amide bonds. The van der Waals surface area contributed by atoms with Gasteiger partial charge >= 0.3 is 0 Å². The van der Waals surface area contributed by atoms with E-state index < -0.39 is 11.7 Å². The lowest BCUT2D eigenvalue weighted by atomic mass is 10.0. The van der Waals surface area contributed by atoms with Gasteiger partial charge in [0.25, 0.3) is 0 Å². The van der Waals surface area contributed by atoms with Crippen molar-refractivity contribution < 1.29 is 9.18 Å². The molecule has 0 unspecified atom stereocenters. The number of anilines is 2. The molecule has 0 saturated carbocycles. The molecule has 5 nitrogen and oxygen atoms in total. The standard InChI is InChI=1S/C22H17FN4O/c23-19-11-14(4-5-16(19)13-24)10-15-6-8-26-21(12-15)27-9-7-17-18(22(25)28)2-1-3-20(17)27/h1-6,8,11-12H,7,9-10H2,(H2,25,28). The molecule has 138 valence electrons. The van der Waals surface area contributed by atoms with Crippen LogP contribution in [0.1, 0.15) is 32.6 Å². The van der Waals surface area contributed by atoms with E-state index in [1.807, 2.05) is 30.3 Å². The predicted octanol–water partition coefficient (Wildman–Crippen LogP) is 3.48. The molecule has 1 aromatic heterocycles. The molecule has 1 aliphatic rings. The van der Waals surface area contributed by atoms with Crippen LogP contribution >= 0.6 is 0 Å². The van der Waals surface area contributed by atoms with E-state index in [1.165, 1.54) is 12.1 Å². The van der Waals surface area contributed by atoms with Crippen LogP contribution in [0.4, 0.5) is 15.9 Å². The van der Waals surface area contributed by atoms with Crippen LogP contribution < -0.4 is 10.6 Å². The molecule has 0 atom stereocenters. The molecule has 1 aliphatic heterocycles. The van der Waals surface area contributed by atoms with Gasteiger partial charge in [0, 0.05) is 24.0 Å². The van der Waals surface area contributed by atoms with Gasteiger partial charge in [-0.05, 0) is 65.9 Å². The monoisotopic (exact) mass is 372 g/mol. The van der Waals surface area contributed by atoms with E-state index in [-0.39, 0.29) is 5.56 Å². The number of nitriles is 1. The smallest absolute Gasteiger partial charge is 0.249 e. The van der Waals surface area contributed by atoms with Crippen molar-refractivity contribution >= 4 is 17.4 Å². The Morgan fingerprint density at radius 2 is 2.04 bits per heavy atom. The number of carbonyl (C=O) groups is 1. The number of aromatic nitrogens is 1. The van der Waals surface area contributed by atoms with Gasteiger partial charge in [-0.2, -0.15) is 5.26 Å². The lowest BCUT2D eigenvalue weighted by Crippen LogP contribution is -2.15. The molecular weight excluding hydrogens is 355 g/mol. The summed E-state index contributed by atoms with van der Waals surface area (Å²) in [7, 11) is 0. The highest BCUT2D eigenvalue weighted by Gasteiger charge is 2.25. The first-order valence-electron chi connectivity index (χ1n) is 8.89. The zero-order valence-electron chi connectivity index (χ0n) is 15.0. The van der Waals surface area contributed by atoms with Gasteiger partial charge in [-0.1, -0.05) is 12.1 Å². The maximum absolute atomic E-state index is 13.9.